The van der Waals surface area contributed by atoms with E-state index in [0.29, 0.717) is 10.8 Å². The van der Waals surface area contributed by atoms with Crippen LogP contribution in [0.3, 0.4) is 0 Å². The molecule has 0 bridgehead atoms. The van der Waals surface area contributed by atoms with Gasteiger partial charge in [0.2, 0.25) is 0 Å². The van der Waals surface area contributed by atoms with Crippen LogP contribution in [0, 0.1) is 0 Å². The van der Waals surface area contributed by atoms with Gasteiger partial charge in [-0.1, -0.05) is 11.6 Å². The van der Waals surface area contributed by atoms with Gasteiger partial charge in [0, 0.05) is 12.7 Å². The van der Waals surface area contributed by atoms with Gasteiger partial charge < -0.3 is 4.74 Å². The molecule has 0 spiro atoms. The molecule has 1 saturated heterocycles. The van der Waals surface area contributed by atoms with Crippen molar-refractivity contribution >= 4 is 17.2 Å². The van der Waals surface area contributed by atoms with Crippen molar-refractivity contribution in [3.05, 3.63) is 23.4 Å². The third kappa shape index (κ3) is 1.66. The molecule has 84 valence electrons. The zero-order valence-electron chi connectivity index (χ0n) is 8.64. The lowest BCUT2D eigenvalue weighted by atomic mass is 10.1. The van der Waals surface area contributed by atoms with Crippen LogP contribution < -0.4 is 0 Å². The second-order valence-electron chi connectivity index (χ2n) is 3.85. The van der Waals surface area contributed by atoms with Crippen molar-refractivity contribution in [1.29, 1.82) is 0 Å². The van der Waals surface area contributed by atoms with E-state index < -0.39 is 0 Å². The third-order valence-corrected chi connectivity index (χ3v) is 2.97. The van der Waals surface area contributed by atoms with Gasteiger partial charge in [-0.2, -0.15) is 0 Å². The summed E-state index contributed by atoms with van der Waals surface area (Å²) in [5.74, 6) is 0.818. The average Bonchev–Trinajstić information content (AvgIpc) is 2.73. The van der Waals surface area contributed by atoms with E-state index in [9.17, 15) is 0 Å². The van der Waals surface area contributed by atoms with E-state index in [2.05, 4.69) is 15.2 Å². The summed E-state index contributed by atoms with van der Waals surface area (Å²) in [5.41, 5.74) is 0.712. The summed E-state index contributed by atoms with van der Waals surface area (Å²) in [6, 6.07) is 1.70. The fourth-order valence-electron chi connectivity index (χ4n) is 1.95. The molecule has 1 atom stereocenters. The lowest BCUT2D eigenvalue weighted by Crippen LogP contribution is -2.14. The summed E-state index contributed by atoms with van der Waals surface area (Å²) in [6.07, 6.45) is 4.96. The molecule has 3 rings (SSSR count). The summed E-state index contributed by atoms with van der Waals surface area (Å²) in [4.78, 5) is 4.03. The average molecular weight is 239 g/mol. The van der Waals surface area contributed by atoms with Crippen LogP contribution in [-0.2, 0) is 4.74 Å². The standard InChI is InChI=1S/C10H11ClN4O/c11-8-5-9-13-14-10(15(9)6-12-8)7-3-1-2-4-16-7/h5-7H,1-4H2. The zero-order chi connectivity index (χ0) is 11.0. The SMILES string of the molecule is Clc1cc2nnc(C3CCCCO3)n2cn1. The molecular weight excluding hydrogens is 228 g/mol. The van der Waals surface area contributed by atoms with Gasteiger partial charge in [-0.3, -0.25) is 4.40 Å². The van der Waals surface area contributed by atoms with Crippen molar-refractivity contribution in [2.45, 2.75) is 25.4 Å². The van der Waals surface area contributed by atoms with Gasteiger partial charge in [-0.25, -0.2) is 4.98 Å². The lowest BCUT2D eigenvalue weighted by molar-refractivity contribution is 0.00881. The molecule has 6 heteroatoms. The van der Waals surface area contributed by atoms with Gasteiger partial charge in [-0.15, -0.1) is 10.2 Å². The lowest BCUT2D eigenvalue weighted by Gasteiger charge is -2.20. The zero-order valence-corrected chi connectivity index (χ0v) is 9.39. The molecule has 0 amide bonds. The molecule has 1 fully saturated rings. The van der Waals surface area contributed by atoms with E-state index in [1.807, 2.05) is 4.40 Å². The normalized spacial score (nSPS) is 21.4. The van der Waals surface area contributed by atoms with E-state index in [1.165, 1.54) is 6.42 Å². The van der Waals surface area contributed by atoms with E-state index in [1.54, 1.807) is 12.4 Å². The molecule has 1 aliphatic heterocycles. The number of nitrogens with zero attached hydrogens (tertiary/aromatic N) is 4. The highest BCUT2D eigenvalue weighted by Gasteiger charge is 2.21. The van der Waals surface area contributed by atoms with Gasteiger partial charge in [0.05, 0.1) is 0 Å². The molecule has 0 aromatic carbocycles. The summed E-state index contributed by atoms with van der Waals surface area (Å²) in [7, 11) is 0. The van der Waals surface area contributed by atoms with Crippen molar-refractivity contribution in [2.24, 2.45) is 0 Å². The van der Waals surface area contributed by atoms with Crippen molar-refractivity contribution < 1.29 is 4.74 Å². The molecule has 0 saturated carbocycles. The maximum atomic E-state index is 5.79. The largest absolute Gasteiger partial charge is 0.370 e. The first-order chi connectivity index (χ1) is 7.84. The minimum atomic E-state index is 0.0340. The Morgan fingerprint density at radius 3 is 3.12 bits per heavy atom. The number of hydrogen-bond donors (Lipinski definition) is 0. The molecule has 16 heavy (non-hydrogen) atoms. The smallest absolute Gasteiger partial charge is 0.167 e. The highest BCUT2D eigenvalue weighted by Crippen LogP contribution is 2.26. The van der Waals surface area contributed by atoms with Gasteiger partial charge in [0.25, 0.3) is 0 Å². The molecule has 0 aliphatic carbocycles. The molecule has 1 aliphatic rings. The first-order valence-corrected chi connectivity index (χ1v) is 5.70. The topological polar surface area (TPSA) is 52.3 Å². The first kappa shape index (κ1) is 9.99. The number of rotatable bonds is 1. The van der Waals surface area contributed by atoms with Crippen LogP contribution in [0.1, 0.15) is 31.2 Å². The number of halogens is 1. The first-order valence-electron chi connectivity index (χ1n) is 5.32. The van der Waals surface area contributed by atoms with Crippen LogP contribution >= 0.6 is 11.6 Å². The Bertz CT molecular complexity index is 506. The van der Waals surface area contributed by atoms with Gasteiger partial charge in [-0.05, 0) is 19.3 Å². The maximum Gasteiger partial charge on any atom is 0.167 e. The fourth-order valence-corrected chi connectivity index (χ4v) is 2.09. The van der Waals surface area contributed by atoms with Crippen molar-refractivity contribution in [3.8, 4) is 0 Å². The van der Waals surface area contributed by atoms with Crippen LogP contribution in [0.2, 0.25) is 5.15 Å². The molecule has 2 aromatic heterocycles. The molecule has 2 aromatic rings. The predicted octanol–water partition coefficient (Wildman–Crippen LogP) is 2.02. The number of fused-ring (bicyclic) bond motifs is 1. The highest BCUT2D eigenvalue weighted by atomic mass is 35.5. The molecule has 5 nitrogen and oxygen atoms in total. The second kappa shape index (κ2) is 3.99. The fraction of sp³-hybridized carbons (Fsp3) is 0.500. The molecule has 3 heterocycles. The number of hydrogen-bond acceptors (Lipinski definition) is 4. The maximum absolute atomic E-state index is 5.79. The van der Waals surface area contributed by atoms with Crippen molar-refractivity contribution in [3.63, 3.8) is 0 Å². The Kier molecular flexibility index (Phi) is 2.49. The quantitative estimate of drug-likeness (QED) is 0.714. The molecule has 0 radical (unpaired) electrons. The van der Waals surface area contributed by atoms with Crippen LogP contribution in [0.15, 0.2) is 12.4 Å². The van der Waals surface area contributed by atoms with Crippen LogP contribution in [-0.4, -0.2) is 26.2 Å². The summed E-state index contributed by atoms with van der Waals surface area (Å²) in [5, 5.41) is 8.64. The third-order valence-electron chi connectivity index (χ3n) is 2.76. The monoisotopic (exact) mass is 238 g/mol. The minimum absolute atomic E-state index is 0.0340. The van der Waals surface area contributed by atoms with Crippen LogP contribution in [0.4, 0.5) is 0 Å². The second-order valence-corrected chi connectivity index (χ2v) is 4.24. The van der Waals surface area contributed by atoms with Crippen LogP contribution in [0.25, 0.3) is 5.65 Å². The highest BCUT2D eigenvalue weighted by molar-refractivity contribution is 6.29. The molecule has 1 unspecified atom stereocenters. The number of ether oxygens (including phenoxy) is 1. The van der Waals surface area contributed by atoms with Crippen molar-refractivity contribution in [1.82, 2.24) is 19.6 Å². The summed E-state index contributed by atoms with van der Waals surface area (Å²) in [6.45, 7) is 0.792. The van der Waals surface area contributed by atoms with E-state index in [4.69, 9.17) is 16.3 Å². The van der Waals surface area contributed by atoms with E-state index >= 15 is 0 Å². The Balaban J connectivity index is 2.03. The Labute approximate surface area is 97.4 Å². The van der Waals surface area contributed by atoms with E-state index in [0.717, 1.165) is 25.3 Å². The molecular formula is C10H11ClN4O. The minimum Gasteiger partial charge on any atom is -0.370 e. The Morgan fingerprint density at radius 1 is 1.38 bits per heavy atom. The molecule has 0 N–H and O–H groups in total. The number of aromatic nitrogens is 4. The van der Waals surface area contributed by atoms with Gasteiger partial charge in [0.1, 0.15) is 17.6 Å². The predicted molar refractivity (Wildman–Crippen MR) is 58.3 cm³/mol. The van der Waals surface area contributed by atoms with Gasteiger partial charge in [0.15, 0.2) is 11.5 Å². The Morgan fingerprint density at radius 2 is 2.31 bits per heavy atom. The van der Waals surface area contributed by atoms with Crippen LogP contribution in [0.5, 0.6) is 0 Å². The summed E-state index contributed by atoms with van der Waals surface area (Å²) < 4.78 is 7.51. The Hall–Kier alpha value is -1.20. The van der Waals surface area contributed by atoms with Gasteiger partial charge >= 0.3 is 0 Å². The van der Waals surface area contributed by atoms with E-state index in [-0.39, 0.29) is 6.10 Å². The summed E-state index contributed by atoms with van der Waals surface area (Å²) >= 11 is 5.79. The van der Waals surface area contributed by atoms with Crippen molar-refractivity contribution in [2.75, 3.05) is 6.61 Å².